The monoisotopic (exact) mass is 347 g/mol. The van der Waals surface area contributed by atoms with E-state index in [0.29, 0.717) is 12.0 Å². The minimum atomic E-state index is -1.44. The van der Waals surface area contributed by atoms with Gasteiger partial charge < -0.3 is 14.6 Å². The van der Waals surface area contributed by atoms with Gasteiger partial charge in [-0.2, -0.15) is 0 Å². The molecule has 1 rings (SSSR count). The van der Waals surface area contributed by atoms with Gasteiger partial charge in [0.1, 0.15) is 5.60 Å². The Bertz CT molecular complexity index is 474. The first-order valence-corrected chi connectivity index (χ1v) is 8.22. The lowest BCUT2D eigenvalue weighted by molar-refractivity contribution is -0.155. The van der Waals surface area contributed by atoms with E-state index in [4.69, 9.17) is 21.1 Å². The molecule has 23 heavy (non-hydrogen) atoms. The molecule has 1 saturated heterocycles. The van der Waals surface area contributed by atoms with Crippen molar-refractivity contribution in [1.29, 1.82) is 0 Å². The molecule has 0 spiro atoms. The van der Waals surface area contributed by atoms with E-state index < -0.39 is 29.3 Å². The molecule has 132 valence electrons. The SMILES string of the molecule is C=C1CCN(C(=O)OC(C)(C)C)C1(CC(O)CCl)C(=O)OCC. The summed E-state index contributed by atoms with van der Waals surface area (Å²) in [4.78, 5) is 26.5. The molecule has 0 aromatic carbocycles. The Hall–Kier alpha value is -1.27. The van der Waals surface area contributed by atoms with Gasteiger partial charge >= 0.3 is 12.1 Å². The Labute approximate surface area is 142 Å². The van der Waals surface area contributed by atoms with Gasteiger partial charge in [0.05, 0.1) is 12.7 Å². The number of nitrogens with zero attached hydrogens (tertiary/aromatic N) is 1. The third-order valence-corrected chi connectivity index (χ3v) is 3.98. The summed E-state index contributed by atoms with van der Waals surface area (Å²) in [5.41, 5.74) is -1.62. The third kappa shape index (κ3) is 4.38. The number of hydrogen-bond donors (Lipinski definition) is 1. The fraction of sp³-hybridized carbons (Fsp3) is 0.750. The molecule has 0 radical (unpaired) electrons. The van der Waals surface area contributed by atoms with Gasteiger partial charge in [-0.15, -0.1) is 11.6 Å². The van der Waals surface area contributed by atoms with Crippen LogP contribution in [0.25, 0.3) is 0 Å². The highest BCUT2D eigenvalue weighted by atomic mass is 35.5. The van der Waals surface area contributed by atoms with Crippen LogP contribution in [0, 0.1) is 0 Å². The first-order valence-electron chi connectivity index (χ1n) is 7.68. The summed E-state index contributed by atoms with van der Waals surface area (Å²) in [5, 5.41) is 9.99. The van der Waals surface area contributed by atoms with Crippen molar-refractivity contribution >= 4 is 23.7 Å². The average Bonchev–Trinajstić information content (AvgIpc) is 2.75. The second-order valence-corrected chi connectivity index (χ2v) is 6.89. The lowest BCUT2D eigenvalue weighted by Crippen LogP contribution is -2.57. The molecule has 1 N–H and O–H groups in total. The summed E-state index contributed by atoms with van der Waals surface area (Å²) >= 11 is 5.69. The number of carbonyl (C=O) groups is 2. The molecule has 2 atom stereocenters. The van der Waals surface area contributed by atoms with Crippen molar-refractivity contribution in [3.63, 3.8) is 0 Å². The minimum Gasteiger partial charge on any atom is -0.464 e. The van der Waals surface area contributed by atoms with Gasteiger partial charge in [0, 0.05) is 18.8 Å². The van der Waals surface area contributed by atoms with Gasteiger partial charge in [-0.05, 0) is 39.7 Å². The van der Waals surface area contributed by atoms with Gasteiger partial charge in [0.2, 0.25) is 0 Å². The number of rotatable bonds is 5. The van der Waals surface area contributed by atoms with Crippen LogP contribution in [-0.2, 0) is 14.3 Å². The Morgan fingerprint density at radius 2 is 2.09 bits per heavy atom. The zero-order valence-corrected chi connectivity index (χ0v) is 15.0. The number of ether oxygens (including phenoxy) is 2. The first kappa shape index (κ1) is 19.8. The van der Waals surface area contributed by atoms with Crippen LogP contribution in [0.2, 0.25) is 0 Å². The number of hydrogen-bond acceptors (Lipinski definition) is 5. The molecular formula is C16H26ClNO5. The number of alkyl halides is 1. The van der Waals surface area contributed by atoms with E-state index in [1.165, 1.54) is 4.90 Å². The van der Waals surface area contributed by atoms with Crippen molar-refractivity contribution in [1.82, 2.24) is 4.90 Å². The topological polar surface area (TPSA) is 76.1 Å². The third-order valence-electron chi connectivity index (χ3n) is 3.62. The number of esters is 1. The van der Waals surface area contributed by atoms with E-state index >= 15 is 0 Å². The highest BCUT2D eigenvalue weighted by Gasteiger charge is 2.55. The van der Waals surface area contributed by atoms with E-state index in [9.17, 15) is 14.7 Å². The van der Waals surface area contributed by atoms with Crippen LogP contribution in [0.4, 0.5) is 4.79 Å². The number of halogens is 1. The average molecular weight is 348 g/mol. The number of carbonyl (C=O) groups excluding carboxylic acids is 2. The molecule has 1 fully saturated rings. The van der Waals surface area contributed by atoms with Crippen LogP contribution in [0.3, 0.4) is 0 Å². The molecule has 0 aromatic rings. The first-order chi connectivity index (χ1) is 10.6. The second-order valence-electron chi connectivity index (χ2n) is 6.58. The molecule has 0 aromatic heterocycles. The van der Waals surface area contributed by atoms with Crippen molar-refractivity contribution in [2.75, 3.05) is 19.0 Å². The van der Waals surface area contributed by atoms with Gasteiger partial charge in [0.25, 0.3) is 0 Å². The maximum absolute atomic E-state index is 12.6. The lowest BCUT2D eigenvalue weighted by Gasteiger charge is -2.38. The van der Waals surface area contributed by atoms with E-state index in [1.54, 1.807) is 27.7 Å². The second kappa shape index (κ2) is 7.53. The highest BCUT2D eigenvalue weighted by Crippen LogP contribution is 2.39. The molecule has 1 amide bonds. The molecule has 0 bridgehead atoms. The van der Waals surface area contributed by atoms with Crippen molar-refractivity contribution < 1.29 is 24.2 Å². The minimum absolute atomic E-state index is 0.0589. The standard InChI is InChI=1S/C16H26ClNO5/c1-6-22-13(20)16(9-12(19)10-17)11(2)7-8-18(16)14(21)23-15(3,4)5/h12,19H,2,6-10H2,1,3-5H3. The summed E-state index contributed by atoms with van der Waals surface area (Å²) in [6.07, 6.45) is -1.23. The van der Waals surface area contributed by atoms with Crippen molar-refractivity contribution in [3.05, 3.63) is 12.2 Å². The summed E-state index contributed by atoms with van der Waals surface area (Å²) < 4.78 is 10.5. The quantitative estimate of drug-likeness (QED) is 0.469. The van der Waals surface area contributed by atoms with Gasteiger partial charge in [-0.1, -0.05) is 6.58 Å². The number of aliphatic hydroxyl groups excluding tert-OH is 1. The van der Waals surface area contributed by atoms with Gasteiger partial charge in [-0.25, -0.2) is 9.59 Å². The molecule has 2 unspecified atom stereocenters. The molecule has 7 heteroatoms. The van der Waals surface area contributed by atoms with Crippen LogP contribution in [0.1, 0.15) is 40.5 Å². The van der Waals surface area contributed by atoms with Gasteiger partial charge in [0.15, 0.2) is 5.54 Å². The Kier molecular flexibility index (Phi) is 6.48. The van der Waals surface area contributed by atoms with Crippen LogP contribution in [-0.4, -0.2) is 58.3 Å². The zero-order chi connectivity index (χ0) is 17.8. The van der Waals surface area contributed by atoms with Crippen molar-refractivity contribution in [3.8, 4) is 0 Å². The Morgan fingerprint density at radius 3 is 2.57 bits per heavy atom. The molecule has 1 aliphatic heterocycles. The van der Waals surface area contributed by atoms with E-state index in [0.717, 1.165) is 0 Å². The van der Waals surface area contributed by atoms with Gasteiger partial charge in [-0.3, -0.25) is 4.90 Å². The number of amides is 1. The molecule has 1 heterocycles. The molecular weight excluding hydrogens is 322 g/mol. The van der Waals surface area contributed by atoms with Crippen LogP contribution in [0.5, 0.6) is 0 Å². The van der Waals surface area contributed by atoms with Crippen LogP contribution < -0.4 is 0 Å². The molecule has 0 aliphatic carbocycles. The molecule has 1 aliphatic rings. The number of likely N-dealkylation sites (tertiary alicyclic amines) is 1. The maximum Gasteiger partial charge on any atom is 0.411 e. The van der Waals surface area contributed by atoms with Crippen molar-refractivity contribution in [2.45, 2.75) is 57.8 Å². The smallest absolute Gasteiger partial charge is 0.411 e. The van der Waals surface area contributed by atoms with Crippen molar-refractivity contribution in [2.24, 2.45) is 0 Å². The predicted molar refractivity (Wildman–Crippen MR) is 87.4 cm³/mol. The fourth-order valence-electron chi connectivity index (χ4n) is 2.64. The van der Waals surface area contributed by atoms with Crippen LogP contribution in [0.15, 0.2) is 12.2 Å². The Balaban J connectivity index is 3.22. The maximum atomic E-state index is 12.6. The summed E-state index contributed by atoms with van der Waals surface area (Å²) in [5.74, 6) is -0.672. The normalized spacial score (nSPS) is 22.9. The van der Waals surface area contributed by atoms with Crippen LogP contribution >= 0.6 is 11.6 Å². The summed E-state index contributed by atoms with van der Waals surface area (Å²) in [7, 11) is 0. The fourth-order valence-corrected chi connectivity index (χ4v) is 2.75. The van der Waals surface area contributed by atoms with E-state index in [-0.39, 0.29) is 25.5 Å². The van der Waals surface area contributed by atoms with E-state index in [1.807, 2.05) is 0 Å². The van der Waals surface area contributed by atoms with E-state index in [2.05, 4.69) is 6.58 Å². The zero-order valence-electron chi connectivity index (χ0n) is 14.2. The molecule has 6 nitrogen and oxygen atoms in total. The number of aliphatic hydroxyl groups is 1. The highest BCUT2D eigenvalue weighted by molar-refractivity contribution is 6.18. The summed E-state index contributed by atoms with van der Waals surface area (Å²) in [6.45, 7) is 11.3. The Morgan fingerprint density at radius 1 is 1.48 bits per heavy atom. The summed E-state index contributed by atoms with van der Waals surface area (Å²) in [6, 6.07) is 0. The predicted octanol–water partition coefficient (Wildman–Crippen LogP) is 2.48. The molecule has 0 saturated carbocycles. The largest absolute Gasteiger partial charge is 0.464 e. The lowest BCUT2D eigenvalue weighted by atomic mass is 9.86.